The molecule has 0 saturated heterocycles. The van der Waals surface area contributed by atoms with E-state index in [1.807, 2.05) is 30.3 Å². The molecule has 5 nitrogen and oxygen atoms in total. The first-order valence-electron chi connectivity index (χ1n) is 5.46. The lowest BCUT2D eigenvalue weighted by atomic mass is 10.0. The van der Waals surface area contributed by atoms with Crippen LogP contribution in [0, 0.1) is 0 Å². The number of nitrogens with zero attached hydrogens (tertiary/aromatic N) is 2. The zero-order valence-corrected chi connectivity index (χ0v) is 9.60. The number of fused-ring (bicyclic) bond motifs is 1. The minimum absolute atomic E-state index is 0.208. The van der Waals surface area contributed by atoms with Crippen LogP contribution < -0.4 is 5.32 Å². The molecule has 0 spiro atoms. The van der Waals surface area contributed by atoms with Gasteiger partial charge in [-0.25, -0.2) is 9.79 Å². The van der Waals surface area contributed by atoms with Crippen LogP contribution >= 0.6 is 0 Å². The molecule has 1 aromatic rings. The van der Waals surface area contributed by atoms with E-state index in [-0.39, 0.29) is 5.84 Å². The molecule has 3 rings (SSSR count). The highest BCUT2D eigenvalue weighted by molar-refractivity contribution is 6.39. The number of nitrogens with one attached hydrogen (secondary N) is 1. The Morgan fingerprint density at radius 2 is 1.78 bits per heavy atom. The SMILES string of the molecule is CC1=C2C(=O)NC(=O)N=C2N=C1c1ccccc1. The van der Waals surface area contributed by atoms with Crippen LogP contribution in [0.4, 0.5) is 4.79 Å². The van der Waals surface area contributed by atoms with Gasteiger partial charge in [0.2, 0.25) is 0 Å². The minimum Gasteiger partial charge on any atom is -0.272 e. The second kappa shape index (κ2) is 3.73. The summed E-state index contributed by atoms with van der Waals surface area (Å²) < 4.78 is 0. The third-order valence-electron chi connectivity index (χ3n) is 2.87. The van der Waals surface area contributed by atoms with Crippen molar-refractivity contribution in [3.05, 3.63) is 47.0 Å². The van der Waals surface area contributed by atoms with Crippen molar-refractivity contribution in [1.82, 2.24) is 5.32 Å². The Morgan fingerprint density at radius 3 is 2.50 bits per heavy atom. The average Bonchev–Trinajstić information content (AvgIpc) is 2.67. The van der Waals surface area contributed by atoms with Gasteiger partial charge in [-0.1, -0.05) is 30.3 Å². The van der Waals surface area contributed by atoms with E-state index in [4.69, 9.17) is 0 Å². The molecule has 0 radical (unpaired) electrons. The number of carbonyl (C=O) groups is 2. The summed E-state index contributed by atoms with van der Waals surface area (Å²) in [6.45, 7) is 1.80. The van der Waals surface area contributed by atoms with Gasteiger partial charge in [0.1, 0.15) is 0 Å². The summed E-state index contributed by atoms with van der Waals surface area (Å²) in [4.78, 5) is 30.9. The number of rotatable bonds is 1. The van der Waals surface area contributed by atoms with Gasteiger partial charge in [0, 0.05) is 5.56 Å². The van der Waals surface area contributed by atoms with Crippen molar-refractivity contribution in [3.8, 4) is 0 Å². The number of urea groups is 1. The van der Waals surface area contributed by atoms with Gasteiger partial charge in [-0.2, -0.15) is 4.99 Å². The Bertz CT molecular complexity index is 654. The highest BCUT2D eigenvalue weighted by Crippen LogP contribution is 2.24. The largest absolute Gasteiger partial charge is 0.349 e. The van der Waals surface area contributed by atoms with E-state index >= 15 is 0 Å². The molecule has 0 aliphatic carbocycles. The molecule has 2 aliphatic rings. The molecule has 2 heterocycles. The molecule has 2 aliphatic heterocycles. The predicted molar refractivity (Wildman–Crippen MR) is 66.7 cm³/mol. The van der Waals surface area contributed by atoms with Gasteiger partial charge in [0.05, 0.1) is 11.3 Å². The fraction of sp³-hybridized carbons (Fsp3) is 0.0769. The predicted octanol–water partition coefficient (Wildman–Crippen LogP) is 1.45. The number of carbonyl (C=O) groups excluding carboxylic acids is 2. The Hall–Kier alpha value is -2.56. The lowest BCUT2D eigenvalue weighted by Gasteiger charge is -2.08. The molecule has 0 bridgehead atoms. The van der Waals surface area contributed by atoms with Gasteiger partial charge in [-0.05, 0) is 12.5 Å². The molecular formula is C13H9N3O2. The van der Waals surface area contributed by atoms with E-state index in [1.54, 1.807) is 6.92 Å². The van der Waals surface area contributed by atoms with E-state index in [2.05, 4.69) is 15.3 Å². The van der Waals surface area contributed by atoms with Crippen LogP contribution in [0.3, 0.4) is 0 Å². The molecule has 1 N–H and O–H groups in total. The molecule has 0 aromatic heterocycles. The van der Waals surface area contributed by atoms with Crippen LogP contribution in [0.25, 0.3) is 0 Å². The standard InChI is InChI=1S/C13H9N3O2/c1-7-9-11(15-13(18)16-12(9)17)14-10(7)8-5-3-2-4-6-8/h2-6H,1H3,(H,16,17,18). The number of aliphatic imine (C=N–C) groups is 2. The topological polar surface area (TPSA) is 70.9 Å². The van der Waals surface area contributed by atoms with Crippen LogP contribution in [0.1, 0.15) is 12.5 Å². The van der Waals surface area contributed by atoms with E-state index in [0.717, 1.165) is 11.1 Å². The van der Waals surface area contributed by atoms with Gasteiger partial charge >= 0.3 is 6.03 Å². The van der Waals surface area contributed by atoms with Crippen molar-refractivity contribution in [3.63, 3.8) is 0 Å². The second-order valence-electron chi connectivity index (χ2n) is 4.02. The van der Waals surface area contributed by atoms with Crippen LogP contribution in [0.5, 0.6) is 0 Å². The lowest BCUT2D eigenvalue weighted by molar-refractivity contribution is -0.116. The van der Waals surface area contributed by atoms with Crippen LogP contribution in [-0.4, -0.2) is 23.5 Å². The van der Waals surface area contributed by atoms with Gasteiger partial charge in [0.25, 0.3) is 5.91 Å². The van der Waals surface area contributed by atoms with E-state index in [9.17, 15) is 9.59 Å². The maximum absolute atomic E-state index is 11.7. The zero-order chi connectivity index (χ0) is 12.7. The summed E-state index contributed by atoms with van der Waals surface area (Å²) in [5.41, 5.74) is 2.72. The summed E-state index contributed by atoms with van der Waals surface area (Å²) in [6.07, 6.45) is 0. The van der Waals surface area contributed by atoms with Crippen molar-refractivity contribution >= 4 is 23.5 Å². The maximum Gasteiger partial charge on any atom is 0.349 e. The molecular weight excluding hydrogens is 230 g/mol. The van der Waals surface area contributed by atoms with Crippen molar-refractivity contribution < 1.29 is 9.59 Å². The van der Waals surface area contributed by atoms with Crippen molar-refractivity contribution in [2.45, 2.75) is 6.92 Å². The third kappa shape index (κ3) is 1.48. The van der Waals surface area contributed by atoms with Gasteiger partial charge in [0.15, 0.2) is 5.84 Å². The van der Waals surface area contributed by atoms with Crippen LogP contribution in [0.2, 0.25) is 0 Å². The Balaban J connectivity index is 2.16. The van der Waals surface area contributed by atoms with Gasteiger partial charge in [-0.3, -0.25) is 10.1 Å². The van der Waals surface area contributed by atoms with Crippen LogP contribution in [0.15, 0.2) is 51.5 Å². The maximum atomic E-state index is 11.7. The Labute approximate surface area is 103 Å². The molecule has 0 atom stereocenters. The van der Waals surface area contributed by atoms with Gasteiger partial charge < -0.3 is 0 Å². The summed E-state index contributed by atoms with van der Waals surface area (Å²) in [7, 11) is 0. The molecule has 0 saturated carbocycles. The second-order valence-corrected chi connectivity index (χ2v) is 4.02. The quantitative estimate of drug-likeness (QED) is 0.805. The summed E-state index contributed by atoms with van der Waals surface area (Å²) in [6, 6.07) is 8.84. The molecule has 18 heavy (non-hydrogen) atoms. The fourth-order valence-electron chi connectivity index (χ4n) is 2.05. The number of hydrogen-bond acceptors (Lipinski definition) is 3. The highest BCUT2D eigenvalue weighted by atomic mass is 16.2. The van der Waals surface area contributed by atoms with Crippen molar-refractivity contribution in [2.75, 3.05) is 0 Å². The van der Waals surface area contributed by atoms with Crippen molar-refractivity contribution in [1.29, 1.82) is 0 Å². The first kappa shape index (κ1) is 10.6. The number of allylic oxidation sites excluding steroid dienone is 1. The zero-order valence-electron chi connectivity index (χ0n) is 9.60. The number of imide groups is 1. The molecule has 3 amide bonds. The van der Waals surface area contributed by atoms with Crippen molar-refractivity contribution in [2.24, 2.45) is 9.98 Å². The first-order valence-corrected chi connectivity index (χ1v) is 5.46. The molecule has 88 valence electrons. The summed E-state index contributed by atoms with van der Waals surface area (Å²) in [5.74, 6) is -0.225. The van der Waals surface area contributed by atoms with Crippen LogP contribution in [-0.2, 0) is 4.79 Å². The Morgan fingerprint density at radius 1 is 1.06 bits per heavy atom. The fourth-order valence-corrected chi connectivity index (χ4v) is 2.05. The minimum atomic E-state index is -0.662. The molecule has 1 aromatic carbocycles. The highest BCUT2D eigenvalue weighted by Gasteiger charge is 2.32. The molecule has 0 unspecified atom stereocenters. The van der Waals surface area contributed by atoms with E-state index in [1.165, 1.54) is 0 Å². The molecule has 0 fully saturated rings. The average molecular weight is 239 g/mol. The number of hydrogen-bond donors (Lipinski definition) is 1. The number of amidine groups is 1. The normalized spacial score (nSPS) is 18.3. The summed E-state index contributed by atoms with van der Waals surface area (Å²) >= 11 is 0. The smallest absolute Gasteiger partial charge is 0.272 e. The summed E-state index contributed by atoms with van der Waals surface area (Å²) in [5, 5.41) is 2.16. The lowest BCUT2D eigenvalue weighted by Crippen LogP contribution is -2.36. The van der Waals surface area contributed by atoms with Gasteiger partial charge in [-0.15, -0.1) is 0 Å². The third-order valence-corrected chi connectivity index (χ3v) is 2.87. The monoisotopic (exact) mass is 239 g/mol. The number of amides is 3. The van der Waals surface area contributed by atoms with E-state index < -0.39 is 11.9 Å². The Kier molecular flexibility index (Phi) is 2.19. The first-order chi connectivity index (χ1) is 8.66. The molecule has 5 heteroatoms. The number of benzene rings is 1. The van der Waals surface area contributed by atoms with E-state index in [0.29, 0.717) is 11.3 Å².